The fraction of sp³-hybridized carbons (Fsp3) is 0.286. The lowest BCUT2D eigenvalue weighted by atomic mass is 10.0. The fourth-order valence-electron chi connectivity index (χ4n) is 3.64. The molecule has 3 rings (SSSR count). The molecular formula is C28H30BrFN2O3. The van der Waals surface area contributed by atoms with E-state index in [1.165, 1.54) is 17.0 Å². The topological polar surface area (TPSA) is 58.6 Å². The van der Waals surface area contributed by atoms with Crippen LogP contribution in [0.4, 0.5) is 4.39 Å². The summed E-state index contributed by atoms with van der Waals surface area (Å²) in [4.78, 5) is 28.3. The Bertz CT molecular complexity index is 1120. The van der Waals surface area contributed by atoms with E-state index in [4.69, 9.17) is 4.74 Å². The molecule has 1 N–H and O–H groups in total. The first-order valence-corrected chi connectivity index (χ1v) is 12.4. The average Bonchev–Trinajstić information content (AvgIpc) is 2.87. The highest BCUT2D eigenvalue weighted by atomic mass is 79.9. The summed E-state index contributed by atoms with van der Waals surface area (Å²) in [5.41, 5.74) is 2.64. The third-order valence-electron chi connectivity index (χ3n) is 5.58. The molecule has 0 spiro atoms. The number of nitrogens with one attached hydrogen (secondary N) is 1. The second-order valence-corrected chi connectivity index (χ2v) is 9.20. The van der Waals surface area contributed by atoms with E-state index in [1.54, 1.807) is 18.2 Å². The van der Waals surface area contributed by atoms with Gasteiger partial charge >= 0.3 is 0 Å². The van der Waals surface area contributed by atoms with Crippen LogP contribution >= 0.6 is 15.9 Å². The smallest absolute Gasteiger partial charge is 0.261 e. The first-order chi connectivity index (χ1) is 16.9. The standard InChI is InChI=1S/C28H30BrFN2O3/c1-3-15-31-28(34)26(17-21-7-5-4-6-8-21)32(18-22-9-11-23(30)12-10-22)27(33)19-35-24-13-14-25(29)20(2)16-24/h4-14,16,26H,3,15,17-19H2,1-2H3,(H,31,34)/t26-/m0/s1. The molecule has 3 aromatic rings. The maximum Gasteiger partial charge on any atom is 0.261 e. The Balaban J connectivity index is 1.88. The van der Waals surface area contributed by atoms with Crippen LogP contribution in [0.15, 0.2) is 77.3 Å². The van der Waals surface area contributed by atoms with Gasteiger partial charge in [-0.05, 0) is 60.4 Å². The SMILES string of the molecule is CCCNC(=O)[C@H](Cc1ccccc1)N(Cc1ccc(F)cc1)C(=O)COc1ccc(Br)c(C)c1. The number of hydrogen-bond donors (Lipinski definition) is 1. The molecular weight excluding hydrogens is 511 g/mol. The van der Waals surface area contributed by atoms with Crippen LogP contribution in [0.5, 0.6) is 5.75 Å². The first-order valence-electron chi connectivity index (χ1n) is 11.6. The predicted molar refractivity (Wildman–Crippen MR) is 139 cm³/mol. The van der Waals surface area contributed by atoms with Crippen LogP contribution in [0.2, 0.25) is 0 Å². The second kappa shape index (κ2) is 13.0. The van der Waals surface area contributed by atoms with Crippen LogP contribution in [-0.2, 0) is 22.6 Å². The molecule has 0 fully saturated rings. The molecule has 0 aliphatic heterocycles. The Morgan fingerprint density at radius 2 is 1.74 bits per heavy atom. The molecule has 0 saturated carbocycles. The molecule has 5 nitrogen and oxygen atoms in total. The number of nitrogens with zero attached hydrogens (tertiary/aromatic N) is 1. The Kier molecular flexibility index (Phi) is 9.85. The number of carbonyl (C=O) groups is 2. The number of ether oxygens (including phenoxy) is 1. The normalized spacial score (nSPS) is 11.5. The summed E-state index contributed by atoms with van der Waals surface area (Å²) < 4.78 is 20.2. The number of rotatable bonds is 11. The summed E-state index contributed by atoms with van der Waals surface area (Å²) in [5.74, 6) is -0.356. The van der Waals surface area contributed by atoms with E-state index in [0.29, 0.717) is 18.7 Å². The second-order valence-electron chi connectivity index (χ2n) is 8.34. The number of benzene rings is 3. The molecule has 0 radical (unpaired) electrons. The van der Waals surface area contributed by atoms with Crippen molar-refractivity contribution in [1.29, 1.82) is 0 Å². The molecule has 0 heterocycles. The zero-order valence-corrected chi connectivity index (χ0v) is 21.6. The van der Waals surface area contributed by atoms with Gasteiger partial charge in [-0.25, -0.2) is 4.39 Å². The van der Waals surface area contributed by atoms with Crippen molar-refractivity contribution in [2.45, 2.75) is 39.3 Å². The number of amides is 2. The summed E-state index contributed by atoms with van der Waals surface area (Å²) in [6.07, 6.45) is 1.13. The molecule has 0 aliphatic carbocycles. The van der Waals surface area contributed by atoms with Crippen molar-refractivity contribution in [3.8, 4) is 5.75 Å². The fourth-order valence-corrected chi connectivity index (χ4v) is 3.89. The number of halogens is 2. The Morgan fingerprint density at radius 1 is 1.03 bits per heavy atom. The van der Waals surface area contributed by atoms with E-state index in [2.05, 4.69) is 21.2 Å². The molecule has 0 unspecified atom stereocenters. The Hall–Kier alpha value is -3.19. The molecule has 7 heteroatoms. The Morgan fingerprint density at radius 3 is 2.40 bits per heavy atom. The summed E-state index contributed by atoms with van der Waals surface area (Å²) in [6.45, 7) is 4.35. The van der Waals surface area contributed by atoms with Crippen molar-refractivity contribution in [2.24, 2.45) is 0 Å². The largest absolute Gasteiger partial charge is 0.484 e. The summed E-state index contributed by atoms with van der Waals surface area (Å²) in [5, 5.41) is 2.93. The monoisotopic (exact) mass is 540 g/mol. The van der Waals surface area contributed by atoms with E-state index < -0.39 is 6.04 Å². The van der Waals surface area contributed by atoms with Crippen molar-refractivity contribution in [3.05, 3.63) is 99.8 Å². The maximum atomic E-state index is 13.5. The van der Waals surface area contributed by atoms with Gasteiger partial charge < -0.3 is 15.0 Å². The highest BCUT2D eigenvalue weighted by molar-refractivity contribution is 9.10. The maximum absolute atomic E-state index is 13.5. The number of carbonyl (C=O) groups excluding carboxylic acids is 2. The van der Waals surface area contributed by atoms with Crippen molar-refractivity contribution in [3.63, 3.8) is 0 Å². The van der Waals surface area contributed by atoms with Gasteiger partial charge in [0.25, 0.3) is 5.91 Å². The van der Waals surface area contributed by atoms with Crippen molar-refractivity contribution < 1.29 is 18.7 Å². The molecule has 0 aliphatic rings. The van der Waals surface area contributed by atoms with Crippen LogP contribution in [0, 0.1) is 12.7 Å². The lowest BCUT2D eigenvalue weighted by Crippen LogP contribution is -2.51. The Labute approximate surface area is 214 Å². The molecule has 0 saturated heterocycles. The zero-order valence-electron chi connectivity index (χ0n) is 20.0. The summed E-state index contributed by atoms with van der Waals surface area (Å²) >= 11 is 3.46. The highest BCUT2D eigenvalue weighted by Gasteiger charge is 2.30. The number of aryl methyl sites for hydroxylation is 1. The minimum atomic E-state index is -0.753. The molecule has 2 amide bonds. The summed E-state index contributed by atoms with van der Waals surface area (Å²) in [6, 6.07) is 20.3. The third kappa shape index (κ3) is 7.92. The molecule has 184 valence electrons. The van der Waals surface area contributed by atoms with Gasteiger partial charge in [0.05, 0.1) is 0 Å². The van der Waals surface area contributed by atoms with Gasteiger partial charge in [0.15, 0.2) is 6.61 Å². The molecule has 0 aromatic heterocycles. The average molecular weight is 541 g/mol. The summed E-state index contributed by atoms with van der Waals surface area (Å²) in [7, 11) is 0. The van der Waals surface area contributed by atoms with E-state index in [9.17, 15) is 14.0 Å². The van der Waals surface area contributed by atoms with Gasteiger partial charge in [-0.2, -0.15) is 0 Å². The van der Waals surface area contributed by atoms with Crippen molar-refractivity contribution >= 4 is 27.7 Å². The van der Waals surface area contributed by atoms with E-state index in [0.717, 1.165) is 27.6 Å². The molecule has 35 heavy (non-hydrogen) atoms. The molecule has 0 bridgehead atoms. The van der Waals surface area contributed by atoms with E-state index in [1.807, 2.05) is 56.3 Å². The van der Waals surface area contributed by atoms with E-state index >= 15 is 0 Å². The van der Waals surface area contributed by atoms with Gasteiger partial charge in [-0.1, -0.05) is 65.3 Å². The van der Waals surface area contributed by atoms with Gasteiger partial charge in [0.1, 0.15) is 17.6 Å². The van der Waals surface area contributed by atoms with Crippen molar-refractivity contribution in [1.82, 2.24) is 10.2 Å². The van der Waals surface area contributed by atoms with Crippen LogP contribution in [0.25, 0.3) is 0 Å². The van der Waals surface area contributed by atoms with Gasteiger partial charge in [0.2, 0.25) is 5.91 Å². The number of hydrogen-bond acceptors (Lipinski definition) is 3. The third-order valence-corrected chi connectivity index (χ3v) is 6.47. The minimum Gasteiger partial charge on any atom is -0.484 e. The van der Waals surface area contributed by atoms with Crippen LogP contribution < -0.4 is 10.1 Å². The minimum absolute atomic E-state index is 0.152. The predicted octanol–water partition coefficient (Wildman–Crippen LogP) is 5.44. The lowest BCUT2D eigenvalue weighted by Gasteiger charge is -2.31. The lowest BCUT2D eigenvalue weighted by molar-refractivity contribution is -0.142. The van der Waals surface area contributed by atoms with Crippen LogP contribution in [-0.4, -0.2) is 35.9 Å². The van der Waals surface area contributed by atoms with Gasteiger partial charge in [-0.15, -0.1) is 0 Å². The molecule has 3 aromatic carbocycles. The van der Waals surface area contributed by atoms with E-state index in [-0.39, 0.29) is 30.8 Å². The van der Waals surface area contributed by atoms with Crippen LogP contribution in [0.3, 0.4) is 0 Å². The zero-order chi connectivity index (χ0) is 25.2. The van der Waals surface area contributed by atoms with Crippen LogP contribution in [0.1, 0.15) is 30.0 Å². The molecule has 1 atom stereocenters. The first kappa shape index (κ1) is 26.4. The quantitative estimate of drug-likeness (QED) is 0.352. The van der Waals surface area contributed by atoms with Crippen molar-refractivity contribution in [2.75, 3.05) is 13.2 Å². The highest BCUT2D eigenvalue weighted by Crippen LogP contribution is 2.22. The van der Waals surface area contributed by atoms with Gasteiger partial charge in [-0.3, -0.25) is 9.59 Å². The van der Waals surface area contributed by atoms with Gasteiger partial charge in [0, 0.05) is 24.0 Å².